The second-order valence-electron chi connectivity index (χ2n) is 3.97. The van der Waals surface area contributed by atoms with E-state index in [-0.39, 0.29) is 17.9 Å². The second kappa shape index (κ2) is 7.20. The molecule has 0 aliphatic heterocycles. The summed E-state index contributed by atoms with van der Waals surface area (Å²) in [6.45, 7) is -0.0265. The number of alkyl halides is 3. The van der Waals surface area contributed by atoms with Crippen LogP contribution in [0.5, 0.6) is 0 Å². The van der Waals surface area contributed by atoms with Crippen LogP contribution in [0.1, 0.15) is 15.9 Å². The van der Waals surface area contributed by atoms with E-state index in [0.29, 0.717) is 0 Å². The van der Waals surface area contributed by atoms with E-state index in [2.05, 4.69) is 4.98 Å². The van der Waals surface area contributed by atoms with Gasteiger partial charge in [-0.2, -0.15) is 13.2 Å². The minimum atomic E-state index is -4.44. The van der Waals surface area contributed by atoms with E-state index in [1.807, 2.05) is 0 Å². The molecule has 0 saturated heterocycles. The van der Waals surface area contributed by atoms with E-state index in [4.69, 9.17) is 15.3 Å². The lowest BCUT2D eigenvalue weighted by atomic mass is 10.1. The summed E-state index contributed by atoms with van der Waals surface area (Å²) in [5, 5.41) is 13.6. The lowest BCUT2D eigenvalue weighted by molar-refractivity contribution is -0.742. The lowest BCUT2D eigenvalue weighted by Gasteiger charge is -2.08. The second-order valence-corrected chi connectivity index (χ2v) is 3.97. The third-order valence-corrected chi connectivity index (χ3v) is 2.40. The maximum absolute atomic E-state index is 12.5. The summed E-state index contributed by atoms with van der Waals surface area (Å²) in [7, 11) is 0. The predicted molar refractivity (Wildman–Crippen MR) is 66.8 cm³/mol. The molecule has 0 aliphatic carbocycles. The van der Waals surface area contributed by atoms with Crippen molar-refractivity contribution in [1.29, 1.82) is 0 Å². The fourth-order valence-electron chi connectivity index (χ4n) is 1.51. The molecular formula is C12H10F3N3O4. The molecule has 0 atom stereocenters. The zero-order valence-electron chi connectivity index (χ0n) is 10.9. The van der Waals surface area contributed by atoms with Crippen LogP contribution in [0.25, 0.3) is 0 Å². The Labute approximate surface area is 121 Å². The summed E-state index contributed by atoms with van der Waals surface area (Å²) in [5.41, 5.74) is -0.780. The Morgan fingerprint density at radius 3 is 2.55 bits per heavy atom. The molecule has 1 N–H and O–H groups in total. The van der Waals surface area contributed by atoms with Gasteiger partial charge in [0.25, 0.3) is 5.09 Å². The van der Waals surface area contributed by atoms with E-state index in [0.717, 1.165) is 12.1 Å². The van der Waals surface area contributed by atoms with Gasteiger partial charge in [0.05, 0.1) is 18.4 Å². The van der Waals surface area contributed by atoms with Gasteiger partial charge in [-0.25, -0.2) is 4.98 Å². The molecule has 1 heterocycles. The third-order valence-electron chi connectivity index (χ3n) is 2.40. The van der Waals surface area contributed by atoms with E-state index < -0.39 is 16.8 Å². The van der Waals surface area contributed by atoms with Gasteiger partial charge in [-0.1, -0.05) is 12.1 Å². The molecule has 0 fully saturated rings. The van der Waals surface area contributed by atoms with Crippen molar-refractivity contribution < 1.29 is 28.3 Å². The molecule has 118 valence electrons. The standard InChI is InChI=1S/C12H9F3N2O.HNO3/c13-12(14,15)10-3-1-2-9(6-10)11(18)7-17-5-4-16-8-17;2-1(3)4/h1-6,8H,7H2;(H,2,3,4). The SMILES string of the molecule is O=C(Cn1ccnc1)c1cccc(C(F)(F)F)c1.O=[N+]([O-])O. The molecule has 2 rings (SSSR count). The van der Waals surface area contributed by atoms with Crippen molar-refractivity contribution in [2.24, 2.45) is 0 Å². The van der Waals surface area contributed by atoms with Crippen molar-refractivity contribution in [2.75, 3.05) is 0 Å². The Morgan fingerprint density at radius 2 is 2.05 bits per heavy atom. The fraction of sp³-hybridized carbons (Fsp3) is 0.167. The van der Waals surface area contributed by atoms with Crippen molar-refractivity contribution in [3.05, 3.63) is 64.2 Å². The molecule has 1 aromatic heterocycles. The zero-order valence-corrected chi connectivity index (χ0v) is 10.9. The maximum atomic E-state index is 12.5. The van der Waals surface area contributed by atoms with Gasteiger partial charge < -0.3 is 9.77 Å². The number of benzene rings is 1. The first-order valence-electron chi connectivity index (χ1n) is 5.69. The van der Waals surface area contributed by atoms with Gasteiger partial charge in [-0.05, 0) is 12.1 Å². The Bertz CT molecular complexity index is 637. The van der Waals surface area contributed by atoms with E-state index in [1.165, 1.54) is 29.2 Å². The largest absolute Gasteiger partial charge is 0.416 e. The predicted octanol–water partition coefficient (Wildman–Crippen LogP) is 2.44. The first kappa shape index (κ1) is 17.1. The van der Waals surface area contributed by atoms with Crippen molar-refractivity contribution in [3.8, 4) is 0 Å². The molecule has 0 unspecified atom stereocenters. The lowest BCUT2D eigenvalue weighted by Crippen LogP contribution is -2.11. The molecular weight excluding hydrogens is 307 g/mol. The summed E-state index contributed by atoms with van der Waals surface area (Å²) in [6, 6.07) is 4.39. The Kier molecular flexibility index (Phi) is 5.61. The number of imidazole rings is 1. The monoisotopic (exact) mass is 317 g/mol. The number of hydrogen-bond acceptors (Lipinski definition) is 4. The minimum absolute atomic E-state index is 0.0265. The average Bonchev–Trinajstić information content (AvgIpc) is 2.90. The highest BCUT2D eigenvalue weighted by Crippen LogP contribution is 2.29. The van der Waals surface area contributed by atoms with E-state index in [9.17, 15) is 18.0 Å². The topological polar surface area (TPSA) is 98.3 Å². The number of ketones is 1. The fourth-order valence-corrected chi connectivity index (χ4v) is 1.51. The van der Waals surface area contributed by atoms with Gasteiger partial charge >= 0.3 is 6.18 Å². The molecule has 0 bridgehead atoms. The maximum Gasteiger partial charge on any atom is 0.416 e. The van der Waals surface area contributed by atoms with Crippen LogP contribution in [0.15, 0.2) is 43.0 Å². The Hall–Kier alpha value is -2.91. The number of nitrogens with zero attached hydrogens (tertiary/aromatic N) is 3. The number of aromatic nitrogens is 2. The quantitative estimate of drug-likeness (QED) is 0.532. The highest BCUT2D eigenvalue weighted by atomic mass is 19.4. The molecule has 0 radical (unpaired) electrons. The Morgan fingerprint density at radius 1 is 1.41 bits per heavy atom. The molecule has 1 aromatic carbocycles. The van der Waals surface area contributed by atoms with Crippen LogP contribution in [0.4, 0.5) is 13.2 Å². The van der Waals surface area contributed by atoms with Crippen LogP contribution in [0.2, 0.25) is 0 Å². The molecule has 10 heteroatoms. The third kappa shape index (κ3) is 5.61. The number of rotatable bonds is 3. The number of Topliss-reactive ketones (excluding diaryl/α,β-unsaturated/α-hetero) is 1. The highest BCUT2D eigenvalue weighted by molar-refractivity contribution is 5.96. The highest BCUT2D eigenvalue weighted by Gasteiger charge is 2.30. The number of carbonyl (C=O) groups is 1. The van der Waals surface area contributed by atoms with Gasteiger partial charge in [-0.3, -0.25) is 4.79 Å². The summed E-state index contributed by atoms with van der Waals surface area (Å²) in [6.07, 6.45) is 0.0712. The molecule has 2 aromatic rings. The number of halogens is 3. The van der Waals surface area contributed by atoms with Crippen LogP contribution in [0.3, 0.4) is 0 Å². The van der Waals surface area contributed by atoms with Crippen LogP contribution < -0.4 is 0 Å². The summed E-state index contributed by atoms with van der Waals surface area (Å²) >= 11 is 0. The summed E-state index contributed by atoms with van der Waals surface area (Å²) in [5.74, 6) is -0.390. The Balaban J connectivity index is 0.000000541. The normalized spacial score (nSPS) is 10.5. The molecule has 0 aliphatic rings. The van der Waals surface area contributed by atoms with Gasteiger partial charge in [0.1, 0.15) is 0 Å². The van der Waals surface area contributed by atoms with Crippen molar-refractivity contribution in [2.45, 2.75) is 12.7 Å². The van der Waals surface area contributed by atoms with Crippen LogP contribution in [-0.2, 0) is 12.7 Å². The van der Waals surface area contributed by atoms with Gasteiger partial charge in [-0.15, -0.1) is 10.1 Å². The van der Waals surface area contributed by atoms with Gasteiger partial charge in [0.15, 0.2) is 5.78 Å². The summed E-state index contributed by atoms with van der Waals surface area (Å²) in [4.78, 5) is 23.9. The number of carbonyl (C=O) groups excluding carboxylic acids is 1. The van der Waals surface area contributed by atoms with Crippen molar-refractivity contribution in [1.82, 2.24) is 9.55 Å². The minimum Gasteiger partial charge on any atom is -0.330 e. The first-order valence-corrected chi connectivity index (χ1v) is 5.69. The van der Waals surface area contributed by atoms with E-state index >= 15 is 0 Å². The van der Waals surface area contributed by atoms with Crippen LogP contribution in [-0.4, -0.2) is 25.6 Å². The number of hydrogen-bond donors (Lipinski definition) is 1. The molecule has 7 nitrogen and oxygen atoms in total. The zero-order chi connectivity index (χ0) is 16.8. The molecule has 0 saturated carbocycles. The molecule has 22 heavy (non-hydrogen) atoms. The van der Waals surface area contributed by atoms with Crippen LogP contribution >= 0.6 is 0 Å². The van der Waals surface area contributed by atoms with Gasteiger partial charge in [0, 0.05) is 18.0 Å². The van der Waals surface area contributed by atoms with Crippen molar-refractivity contribution >= 4 is 5.78 Å². The summed E-state index contributed by atoms with van der Waals surface area (Å²) < 4.78 is 38.9. The average molecular weight is 317 g/mol. The van der Waals surface area contributed by atoms with Crippen LogP contribution in [0, 0.1) is 10.1 Å². The smallest absolute Gasteiger partial charge is 0.330 e. The first-order chi connectivity index (χ1) is 10.2. The van der Waals surface area contributed by atoms with E-state index in [1.54, 1.807) is 6.20 Å². The molecule has 0 spiro atoms. The van der Waals surface area contributed by atoms with Crippen molar-refractivity contribution in [3.63, 3.8) is 0 Å². The molecule has 0 amide bonds. The van der Waals surface area contributed by atoms with Gasteiger partial charge in [0.2, 0.25) is 0 Å².